The van der Waals surface area contributed by atoms with Crippen molar-refractivity contribution < 1.29 is 21.6 Å². The summed E-state index contributed by atoms with van der Waals surface area (Å²) >= 11 is 3.31. The molecule has 3 rings (SSSR count). The van der Waals surface area contributed by atoms with Gasteiger partial charge in [-0.15, -0.1) is 0 Å². The number of ether oxygens (including phenoxy) is 1. The molecular weight excluding hydrogens is 418 g/mol. The average Bonchev–Trinajstić information content (AvgIpc) is 3.25. The average molecular weight is 438 g/mol. The van der Waals surface area contributed by atoms with E-state index in [9.17, 15) is 16.8 Å². The Kier molecular flexibility index (Phi) is 4.98. The van der Waals surface area contributed by atoms with E-state index in [1.54, 1.807) is 19.1 Å². The lowest BCUT2D eigenvalue weighted by Gasteiger charge is -2.28. The van der Waals surface area contributed by atoms with Gasteiger partial charge in [-0.2, -0.15) is 4.31 Å². The predicted octanol–water partition coefficient (Wildman–Crippen LogP) is 2.19. The highest BCUT2D eigenvalue weighted by atomic mass is 79.9. The predicted molar refractivity (Wildman–Crippen MR) is 94.4 cm³/mol. The molecule has 1 heterocycles. The summed E-state index contributed by atoms with van der Waals surface area (Å²) in [4.78, 5) is 0.0925. The highest BCUT2D eigenvalue weighted by Crippen LogP contribution is 2.39. The third-order valence-corrected chi connectivity index (χ3v) is 8.51. The maximum atomic E-state index is 13.3. The summed E-state index contributed by atoms with van der Waals surface area (Å²) in [5, 5.41) is 0. The zero-order chi connectivity index (χ0) is 17.5. The third kappa shape index (κ3) is 3.63. The van der Waals surface area contributed by atoms with Gasteiger partial charge in [0.2, 0.25) is 10.0 Å². The molecule has 0 bridgehead atoms. The second kappa shape index (κ2) is 6.59. The SMILES string of the molecule is CCOc1ccc(Br)cc1S(=O)(=O)N(C1CC1)[C@@H]1CCS(=O)(=O)C1. The Morgan fingerprint density at radius 1 is 1.25 bits per heavy atom. The van der Waals surface area contributed by atoms with E-state index < -0.39 is 25.9 Å². The zero-order valence-electron chi connectivity index (χ0n) is 13.3. The molecule has 1 aliphatic heterocycles. The quantitative estimate of drug-likeness (QED) is 0.680. The van der Waals surface area contributed by atoms with Crippen LogP contribution in [0.3, 0.4) is 0 Å². The van der Waals surface area contributed by atoms with E-state index in [-0.39, 0.29) is 22.4 Å². The standard InChI is InChI=1S/C15H20BrNO5S2/c1-2-22-14-6-3-11(16)9-15(14)24(20,21)17(12-4-5-12)13-7-8-23(18,19)10-13/h3,6,9,12-13H,2,4-5,7-8,10H2,1H3/t13-/m1/s1. The molecule has 0 aromatic heterocycles. The van der Waals surface area contributed by atoms with Gasteiger partial charge >= 0.3 is 0 Å². The Morgan fingerprint density at radius 2 is 1.96 bits per heavy atom. The maximum absolute atomic E-state index is 13.3. The van der Waals surface area contributed by atoms with Crippen molar-refractivity contribution in [3.8, 4) is 5.75 Å². The number of benzene rings is 1. The molecule has 1 aromatic carbocycles. The van der Waals surface area contributed by atoms with E-state index in [1.165, 1.54) is 10.4 Å². The van der Waals surface area contributed by atoms with Crippen LogP contribution in [-0.2, 0) is 19.9 Å². The van der Waals surface area contributed by atoms with Crippen LogP contribution in [0.1, 0.15) is 26.2 Å². The molecule has 0 N–H and O–H groups in total. The molecule has 0 unspecified atom stereocenters. The van der Waals surface area contributed by atoms with Crippen LogP contribution in [0, 0.1) is 0 Å². The van der Waals surface area contributed by atoms with Gasteiger partial charge in [-0.05, 0) is 44.4 Å². The molecule has 6 nitrogen and oxygen atoms in total. The summed E-state index contributed by atoms with van der Waals surface area (Å²) in [6.45, 7) is 2.14. The summed E-state index contributed by atoms with van der Waals surface area (Å²) in [5.74, 6) is 0.251. The minimum Gasteiger partial charge on any atom is -0.492 e. The Balaban J connectivity index is 2.03. The van der Waals surface area contributed by atoms with Crippen LogP contribution in [0.25, 0.3) is 0 Å². The molecule has 1 saturated heterocycles. The fourth-order valence-electron chi connectivity index (χ4n) is 3.07. The second-order valence-electron chi connectivity index (χ2n) is 6.15. The summed E-state index contributed by atoms with van der Waals surface area (Å²) in [6, 6.07) is 4.28. The highest BCUT2D eigenvalue weighted by molar-refractivity contribution is 9.10. The summed E-state index contributed by atoms with van der Waals surface area (Å²) in [7, 11) is -7.00. The first kappa shape index (κ1) is 18.2. The van der Waals surface area contributed by atoms with E-state index in [2.05, 4.69) is 15.9 Å². The number of hydrogen-bond donors (Lipinski definition) is 0. The molecule has 1 atom stereocenters. The summed E-state index contributed by atoms with van der Waals surface area (Å²) < 4.78 is 57.8. The van der Waals surface area contributed by atoms with Gasteiger partial charge < -0.3 is 4.74 Å². The molecule has 9 heteroatoms. The monoisotopic (exact) mass is 437 g/mol. The van der Waals surface area contributed by atoms with Gasteiger partial charge in [0.1, 0.15) is 10.6 Å². The molecule has 134 valence electrons. The molecule has 0 spiro atoms. The fraction of sp³-hybridized carbons (Fsp3) is 0.600. The molecule has 2 aliphatic rings. The molecule has 0 radical (unpaired) electrons. The minimum atomic E-state index is -3.83. The Hall–Kier alpha value is -0.640. The van der Waals surface area contributed by atoms with Crippen molar-refractivity contribution in [2.45, 2.75) is 43.2 Å². The lowest BCUT2D eigenvalue weighted by atomic mass is 10.2. The molecule has 24 heavy (non-hydrogen) atoms. The van der Waals surface area contributed by atoms with E-state index in [4.69, 9.17) is 4.74 Å². The highest BCUT2D eigenvalue weighted by Gasteiger charge is 2.47. The molecule has 1 aromatic rings. The first-order valence-electron chi connectivity index (χ1n) is 7.91. The molecular formula is C15H20BrNO5S2. The first-order chi connectivity index (χ1) is 11.2. The zero-order valence-corrected chi connectivity index (χ0v) is 16.5. The van der Waals surface area contributed by atoms with Crippen LogP contribution in [0.5, 0.6) is 5.75 Å². The molecule has 1 aliphatic carbocycles. The van der Waals surface area contributed by atoms with Crippen LogP contribution >= 0.6 is 15.9 Å². The Bertz CT molecular complexity index is 833. The normalized spacial score (nSPS) is 23.5. The van der Waals surface area contributed by atoms with Crippen molar-refractivity contribution in [3.05, 3.63) is 22.7 Å². The van der Waals surface area contributed by atoms with Crippen molar-refractivity contribution in [1.82, 2.24) is 4.31 Å². The number of nitrogens with zero attached hydrogens (tertiary/aromatic N) is 1. The van der Waals surface area contributed by atoms with E-state index in [0.29, 0.717) is 23.2 Å². The van der Waals surface area contributed by atoms with E-state index in [0.717, 1.165) is 12.8 Å². The van der Waals surface area contributed by atoms with Gasteiger partial charge in [0.15, 0.2) is 9.84 Å². The van der Waals surface area contributed by atoms with Crippen molar-refractivity contribution in [3.63, 3.8) is 0 Å². The van der Waals surface area contributed by atoms with Crippen molar-refractivity contribution in [2.24, 2.45) is 0 Å². The van der Waals surface area contributed by atoms with Crippen LogP contribution in [0.2, 0.25) is 0 Å². The number of sulfonamides is 1. The van der Waals surface area contributed by atoms with Crippen molar-refractivity contribution in [1.29, 1.82) is 0 Å². The number of sulfone groups is 1. The van der Waals surface area contributed by atoms with Gasteiger partial charge in [-0.3, -0.25) is 0 Å². The third-order valence-electron chi connectivity index (χ3n) is 4.24. The summed E-state index contributed by atoms with van der Waals surface area (Å²) in [6.07, 6.45) is 1.90. The largest absolute Gasteiger partial charge is 0.492 e. The van der Waals surface area contributed by atoms with Crippen LogP contribution in [0.15, 0.2) is 27.6 Å². The molecule has 1 saturated carbocycles. The van der Waals surface area contributed by atoms with E-state index >= 15 is 0 Å². The fourth-order valence-corrected chi connectivity index (χ4v) is 7.45. The minimum absolute atomic E-state index is 0.0488. The number of hydrogen-bond acceptors (Lipinski definition) is 5. The molecule has 0 amide bonds. The van der Waals surface area contributed by atoms with Crippen molar-refractivity contribution in [2.75, 3.05) is 18.1 Å². The van der Waals surface area contributed by atoms with Crippen molar-refractivity contribution >= 4 is 35.8 Å². The topological polar surface area (TPSA) is 80.8 Å². The lowest BCUT2D eigenvalue weighted by Crippen LogP contribution is -2.42. The number of halogens is 1. The van der Waals surface area contributed by atoms with Gasteiger partial charge in [-0.25, -0.2) is 16.8 Å². The maximum Gasteiger partial charge on any atom is 0.247 e. The summed E-state index contributed by atoms with van der Waals surface area (Å²) in [5.41, 5.74) is 0. The van der Waals surface area contributed by atoms with Crippen LogP contribution in [0.4, 0.5) is 0 Å². The smallest absolute Gasteiger partial charge is 0.247 e. The lowest BCUT2D eigenvalue weighted by molar-refractivity contribution is 0.317. The Labute approximate surface area is 151 Å². The second-order valence-corrected chi connectivity index (χ2v) is 11.1. The van der Waals surface area contributed by atoms with Gasteiger partial charge in [0, 0.05) is 16.6 Å². The van der Waals surface area contributed by atoms with Gasteiger partial charge in [0.05, 0.1) is 18.1 Å². The van der Waals surface area contributed by atoms with Gasteiger partial charge in [-0.1, -0.05) is 15.9 Å². The van der Waals surface area contributed by atoms with Crippen LogP contribution in [-0.4, -0.2) is 51.3 Å². The Morgan fingerprint density at radius 3 is 2.50 bits per heavy atom. The number of rotatable bonds is 6. The first-order valence-corrected chi connectivity index (χ1v) is 12.0. The van der Waals surface area contributed by atoms with Crippen LogP contribution < -0.4 is 4.74 Å². The molecule has 2 fully saturated rings. The van der Waals surface area contributed by atoms with Gasteiger partial charge in [0.25, 0.3) is 0 Å². The van der Waals surface area contributed by atoms with E-state index in [1.807, 2.05) is 0 Å².